The van der Waals surface area contributed by atoms with Crippen LogP contribution in [-0.4, -0.2) is 83.0 Å². The van der Waals surface area contributed by atoms with E-state index in [4.69, 9.17) is 0 Å². The van der Waals surface area contributed by atoms with Crippen LogP contribution in [0.25, 0.3) is 10.9 Å². The van der Waals surface area contributed by atoms with Gasteiger partial charge in [0.2, 0.25) is 5.91 Å². The zero-order chi connectivity index (χ0) is 27.4. The number of aromatic nitrogens is 1. The first-order valence-electron chi connectivity index (χ1n) is 13.4. The van der Waals surface area contributed by atoms with Gasteiger partial charge in [-0.25, -0.2) is 4.39 Å². The summed E-state index contributed by atoms with van der Waals surface area (Å²) in [5, 5.41) is 13.8. The van der Waals surface area contributed by atoms with Crippen LogP contribution in [0, 0.1) is 11.3 Å². The Labute approximate surface area is 228 Å². The zero-order valence-corrected chi connectivity index (χ0v) is 22.1. The number of carbonyl (C=O) groups is 2. The van der Waals surface area contributed by atoms with Crippen LogP contribution >= 0.6 is 0 Å². The van der Waals surface area contributed by atoms with Crippen LogP contribution in [-0.2, 0) is 11.3 Å². The van der Waals surface area contributed by atoms with Gasteiger partial charge in [-0.2, -0.15) is 5.26 Å². The third kappa shape index (κ3) is 6.18. The number of carbonyl (C=O) groups excluding carboxylic acids is 2. The lowest BCUT2D eigenvalue weighted by atomic mass is 10.0. The van der Waals surface area contributed by atoms with Crippen molar-refractivity contribution in [2.24, 2.45) is 0 Å². The van der Waals surface area contributed by atoms with Crippen LogP contribution in [0.1, 0.15) is 35.2 Å². The Morgan fingerprint density at radius 3 is 2.67 bits per heavy atom. The number of likely N-dealkylation sites (tertiary alicyclic amines) is 2. The summed E-state index contributed by atoms with van der Waals surface area (Å²) < 4.78 is 13.7. The van der Waals surface area contributed by atoms with Gasteiger partial charge in [-0.05, 0) is 36.6 Å². The molecule has 0 radical (unpaired) electrons. The van der Waals surface area contributed by atoms with Crippen molar-refractivity contribution in [3.63, 3.8) is 0 Å². The van der Waals surface area contributed by atoms with E-state index in [2.05, 4.69) is 15.2 Å². The highest BCUT2D eigenvalue weighted by Crippen LogP contribution is 2.27. The number of hydrogen-bond acceptors (Lipinski definition) is 6. The van der Waals surface area contributed by atoms with Crippen LogP contribution < -0.4 is 5.32 Å². The number of benzene rings is 2. The van der Waals surface area contributed by atoms with Crippen LogP contribution in [0.15, 0.2) is 60.8 Å². The van der Waals surface area contributed by atoms with Gasteiger partial charge < -0.3 is 15.1 Å². The molecule has 2 fully saturated rings. The van der Waals surface area contributed by atoms with Gasteiger partial charge in [0.15, 0.2) is 0 Å². The average Bonchev–Trinajstić information content (AvgIpc) is 3.35. The minimum Gasteiger partial charge on any atom is -0.382 e. The molecular weight excluding hydrogens is 495 g/mol. The summed E-state index contributed by atoms with van der Waals surface area (Å²) in [6.07, 6.45) is 2.29. The number of anilines is 1. The molecule has 0 aliphatic carbocycles. The van der Waals surface area contributed by atoms with Gasteiger partial charge in [0.25, 0.3) is 5.91 Å². The number of halogens is 1. The molecule has 0 spiro atoms. The normalized spacial score (nSPS) is 20.1. The number of hydrogen-bond donors (Lipinski definition) is 1. The summed E-state index contributed by atoms with van der Waals surface area (Å²) in [6.45, 7) is 2.19. The highest BCUT2D eigenvalue weighted by atomic mass is 19.1. The van der Waals surface area contributed by atoms with E-state index < -0.39 is 12.2 Å². The molecule has 0 saturated carbocycles. The van der Waals surface area contributed by atoms with Crippen molar-refractivity contribution < 1.29 is 14.0 Å². The zero-order valence-electron chi connectivity index (χ0n) is 22.1. The summed E-state index contributed by atoms with van der Waals surface area (Å²) >= 11 is 0. The number of alkyl halides is 1. The van der Waals surface area contributed by atoms with Crippen LogP contribution in [0.3, 0.4) is 0 Å². The maximum absolute atomic E-state index is 13.7. The molecule has 2 aliphatic heterocycles. The topological polar surface area (TPSA) is 92.6 Å². The lowest BCUT2D eigenvalue weighted by Gasteiger charge is -2.33. The van der Waals surface area contributed by atoms with Crippen molar-refractivity contribution >= 4 is 28.4 Å². The molecule has 1 aromatic heterocycles. The number of rotatable bonds is 7. The van der Waals surface area contributed by atoms with Gasteiger partial charge in [-0.3, -0.25) is 19.5 Å². The Bertz CT molecular complexity index is 1370. The van der Waals surface area contributed by atoms with E-state index >= 15 is 0 Å². The molecule has 2 aliphatic rings. The molecule has 2 amide bonds. The lowest BCUT2D eigenvalue weighted by molar-refractivity contribution is -0.132. The third-order valence-electron chi connectivity index (χ3n) is 7.61. The maximum atomic E-state index is 13.7. The molecule has 202 valence electrons. The lowest BCUT2D eigenvalue weighted by Crippen LogP contribution is -2.46. The Morgan fingerprint density at radius 1 is 1.15 bits per heavy atom. The van der Waals surface area contributed by atoms with Gasteiger partial charge in [-0.1, -0.05) is 36.4 Å². The quantitative estimate of drug-likeness (QED) is 0.501. The molecule has 2 atom stereocenters. The molecule has 5 rings (SSSR count). The Morgan fingerprint density at radius 2 is 1.92 bits per heavy atom. The SMILES string of the molecule is CN(Cc1ccccc1)C(=O)c1cnc2cccc(NC3CCN(CC(=O)N4C[C@@H](F)CC4C#N)CC3)c2c1. The predicted molar refractivity (Wildman–Crippen MR) is 148 cm³/mol. The number of amides is 2. The van der Waals surface area contributed by atoms with Gasteiger partial charge in [0.05, 0.1) is 30.2 Å². The fourth-order valence-corrected chi connectivity index (χ4v) is 5.46. The fraction of sp³-hybridized carbons (Fsp3) is 0.400. The second-order valence-electron chi connectivity index (χ2n) is 10.5. The molecule has 3 heterocycles. The van der Waals surface area contributed by atoms with Crippen LogP contribution in [0.5, 0.6) is 0 Å². The van der Waals surface area contributed by atoms with Crippen LogP contribution in [0.2, 0.25) is 0 Å². The molecule has 3 aromatic rings. The summed E-state index contributed by atoms with van der Waals surface area (Å²) in [5.74, 6) is -0.264. The van der Waals surface area contributed by atoms with Gasteiger partial charge in [0, 0.05) is 56.4 Å². The summed E-state index contributed by atoms with van der Waals surface area (Å²) in [5.41, 5.74) is 3.35. The summed E-state index contributed by atoms with van der Waals surface area (Å²) in [6, 6.07) is 19.3. The number of pyridine rings is 1. The average molecular weight is 529 g/mol. The van der Waals surface area contributed by atoms with Gasteiger partial charge in [-0.15, -0.1) is 0 Å². The molecule has 39 heavy (non-hydrogen) atoms. The smallest absolute Gasteiger partial charge is 0.255 e. The minimum absolute atomic E-state index is 0.0106. The van der Waals surface area contributed by atoms with E-state index in [0.717, 1.165) is 48.1 Å². The van der Waals surface area contributed by atoms with E-state index in [9.17, 15) is 19.2 Å². The standard InChI is InChI=1S/C30H33FN6O2/c1-35(18-21-6-3-2-4-7-21)30(39)22-14-26-27(33-17-22)8-5-9-28(26)34-24-10-12-36(13-11-24)20-29(38)37-19-23(31)15-25(37)16-32/h2-9,14,17,23-25,34H,10-13,15,18-20H2,1H3/t23-,25?/m0/s1. The molecule has 0 bridgehead atoms. The number of piperidine rings is 1. The van der Waals surface area contributed by atoms with Gasteiger partial charge >= 0.3 is 0 Å². The Hall–Kier alpha value is -4.03. The maximum Gasteiger partial charge on any atom is 0.255 e. The number of nitrogens with zero attached hydrogens (tertiary/aromatic N) is 5. The minimum atomic E-state index is -1.12. The van der Waals surface area contributed by atoms with Crippen molar-refractivity contribution in [2.45, 2.75) is 44.1 Å². The monoisotopic (exact) mass is 528 g/mol. The molecule has 9 heteroatoms. The Balaban J connectivity index is 1.20. The Kier molecular flexibility index (Phi) is 8.03. The van der Waals surface area contributed by atoms with E-state index in [1.807, 2.05) is 60.7 Å². The van der Waals surface area contributed by atoms with E-state index in [1.165, 1.54) is 4.90 Å². The van der Waals surface area contributed by atoms with Crippen molar-refractivity contribution in [2.75, 3.05) is 38.5 Å². The van der Waals surface area contributed by atoms with E-state index in [0.29, 0.717) is 12.1 Å². The number of nitriles is 1. The number of fused-ring (bicyclic) bond motifs is 1. The predicted octanol–water partition coefficient (Wildman–Crippen LogP) is 3.85. The van der Waals surface area contributed by atoms with Crippen molar-refractivity contribution in [3.05, 3.63) is 71.9 Å². The summed E-state index contributed by atoms with van der Waals surface area (Å²) in [7, 11) is 1.79. The highest BCUT2D eigenvalue weighted by molar-refractivity contribution is 6.00. The first-order valence-corrected chi connectivity index (χ1v) is 13.4. The highest BCUT2D eigenvalue weighted by Gasteiger charge is 2.36. The van der Waals surface area contributed by atoms with E-state index in [1.54, 1.807) is 18.1 Å². The molecule has 2 aromatic carbocycles. The first kappa shape index (κ1) is 26.6. The first-order chi connectivity index (χ1) is 18.9. The van der Waals surface area contributed by atoms with Gasteiger partial charge in [0.1, 0.15) is 12.2 Å². The fourth-order valence-electron chi connectivity index (χ4n) is 5.46. The van der Waals surface area contributed by atoms with E-state index in [-0.39, 0.29) is 37.4 Å². The van der Waals surface area contributed by atoms with Crippen LogP contribution in [0.4, 0.5) is 10.1 Å². The third-order valence-corrected chi connectivity index (χ3v) is 7.61. The second-order valence-corrected chi connectivity index (χ2v) is 10.5. The molecule has 8 nitrogen and oxygen atoms in total. The molecule has 1 N–H and O–H groups in total. The van der Waals surface area contributed by atoms with Crippen molar-refractivity contribution in [3.8, 4) is 6.07 Å². The molecular formula is C30H33FN6O2. The largest absolute Gasteiger partial charge is 0.382 e. The molecule has 1 unspecified atom stereocenters. The van der Waals surface area contributed by atoms with Crippen molar-refractivity contribution in [1.29, 1.82) is 5.26 Å². The summed E-state index contributed by atoms with van der Waals surface area (Å²) in [4.78, 5) is 35.6. The van der Waals surface area contributed by atoms with Crippen molar-refractivity contribution in [1.82, 2.24) is 19.7 Å². The molecule has 2 saturated heterocycles. The number of nitrogens with one attached hydrogen (secondary N) is 1. The second kappa shape index (κ2) is 11.8.